The first-order valence-corrected chi connectivity index (χ1v) is 2.31. The minimum absolute atomic E-state index is 0.583. The first-order chi connectivity index (χ1) is 3.39. The van der Waals surface area contributed by atoms with Gasteiger partial charge in [0.2, 0.25) is 0 Å². The van der Waals surface area contributed by atoms with E-state index in [-0.39, 0.29) is 0 Å². The Morgan fingerprint density at radius 3 is 1.86 bits per heavy atom. The standard InChI is InChI=1S/C3H6O.C2H2O/c1-3-2-4-3;1-2-3-1/h3H,2H2,1H3;1-2H. The average Bonchev–Trinajstić information content (AvgIpc) is 2.27. The van der Waals surface area contributed by atoms with Crippen LogP contribution in [0.5, 0.6) is 0 Å². The molecule has 2 nitrogen and oxygen atoms in total. The Balaban J connectivity index is 0.0000000729. The Morgan fingerprint density at radius 2 is 1.86 bits per heavy atom. The highest BCUT2D eigenvalue weighted by atomic mass is 16.6. The van der Waals surface area contributed by atoms with Crippen molar-refractivity contribution in [3.63, 3.8) is 0 Å². The van der Waals surface area contributed by atoms with Gasteiger partial charge in [0.05, 0.1) is 12.7 Å². The van der Waals surface area contributed by atoms with Crippen LogP contribution in [0.2, 0.25) is 0 Å². The zero-order valence-electron chi connectivity index (χ0n) is 4.26. The molecule has 2 aliphatic heterocycles. The molecule has 2 aliphatic rings. The zero-order chi connectivity index (χ0) is 5.11. The van der Waals surface area contributed by atoms with Crippen LogP contribution in [0.3, 0.4) is 0 Å². The van der Waals surface area contributed by atoms with Gasteiger partial charge in [-0.15, -0.1) is 0 Å². The molecule has 0 bridgehead atoms. The van der Waals surface area contributed by atoms with Gasteiger partial charge in [-0.1, -0.05) is 0 Å². The molecule has 40 valence electrons. The third-order valence-electron chi connectivity index (χ3n) is 0.636. The van der Waals surface area contributed by atoms with Gasteiger partial charge >= 0.3 is 0 Å². The topological polar surface area (TPSA) is 25.1 Å². The maximum absolute atomic E-state index is 4.71. The molecule has 0 aromatic heterocycles. The maximum Gasteiger partial charge on any atom is 0.125 e. The van der Waals surface area contributed by atoms with E-state index >= 15 is 0 Å². The van der Waals surface area contributed by atoms with Crippen LogP contribution >= 0.6 is 0 Å². The molecule has 1 saturated heterocycles. The van der Waals surface area contributed by atoms with Crippen LogP contribution in [0.15, 0.2) is 12.5 Å². The number of hydrogen-bond donors (Lipinski definition) is 0. The number of ether oxygens (including phenoxy) is 2. The van der Waals surface area contributed by atoms with Crippen LogP contribution in [-0.2, 0) is 9.47 Å². The summed E-state index contributed by atoms with van der Waals surface area (Å²) in [5.41, 5.74) is 0. The third kappa shape index (κ3) is 5.50. The molecule has 0 saturated carbocycles. The fraction of sp³-hybridized carbons (Fsp3) is 0.600. The first kappa shape index (κ1) is 4.65. The van der Waals surface area contributed by atoms with Crippen molar-refractivity contribution in [2.24, 2.45) is 0 Å². The Morgan fingerprint density at radius 1 is 1.57 bits per heavy atom. The van der Waals surface area contributed by atoms with Crippen molar-refractivity contribution in [3.05, 3.63) is 12.5 Å². The molecule has 0 amide bonds. The monoisotopic (exact) mass is 100 g/mol. The summed E-state index contributed by atoms with van der Waals surface area (Å²) in [5, 5.41) is 0. The molecule has 0 N–H and O–H groups in total. The van der Waals surface area contributed by atoms with Gasteiger partial charge in [-0.3, -0.25) is 0 Å². The molecule has 7 heavy (non-hydrogen) atoms. The molecule has 0 spiro atoms. The lowest BCUT2D eigenvalue weighted by molar-refractivity contribution is 0.423. The second-order valence-electron chi connectivity index (χ2n) is 1.55. The van der Waals surface area contributed by atoms with E-state index in [2.05, 4.69) is 11.7 Å². The zero-order valence-corrected chi connectivity index (χ0v) is 4.26. The Kier molecular flexibility index (Phi) is 1.32. The predicted octanol–water partition coefficient (Wildman–Crippen LogP) is 0.893. The van der Waals surface area contributed by atoms with Crippen molar-refractivity contribution in [1.29, 1.82) is 0 Å². The van der Waals surface area contributed by atoms with Gasteiger partial charge in [0.15, 0.2) is 0 Å². The molecule has 0 aromatic carbocycles. The van der Waals surface area contributed by atoms with E-state index in [0.29, 0.717) is 6.10 Å². The molecule has 0 aliphatic carbocycles. The van der Waals surface area contributed by atoms with Crippen molar-refractivity contribution in [2.75, 3.05) is 6.61 Å². The van der Waals surface area contributed by atoms with Gasteiger partial charge in [-0.2, -0.15) is 0 Å². The lowest BCUT2D eigenvalue weighted by Gasteiger charge is -1.50. The molecule has 0 aromatic rings. The van der Waals surface area contributed by atoms with Crippen molar-refractivity contribution in [1.82, 2.24) is 0 Å². The Labute approximate surface area is 42.7 Å². The van der Waals surface area contributed by atoms with Crippen molar-refractivity contribution in [2.45, 2.75) is 13.0 Å². The number of rotatable bonds is 0. The van der Waals surface area contributed by atoms with Gasteiger partial charge in [0.25, 0.3) is 0 Å². The maximum atomic E-state index is 4.71. The highest BCUT2D eigenvalue weighted by Crippen LogP contribution is 2.04. The fourth-order valence-electron chi connectivity index (χ4n) is 0.0962. The summed E-state index contributed by atoms with van der Waals surface area (Å²) in [5.74, 6) is 0. The van der Waals surface area contributed by atoms with Gasteiger partial charge in [-0.25, -0.2) is 0 Å². The highest BCUT2D eigenvalue weighted by Gasteiger charge is 2.13. The molecule has 2 heterocycles. The summed E-state index contributed by atoms with van der Waals surface area (Å²) < 4.78 is 8.96. The summed E-state index contributed by atoms with van der Waals surface area (Å²) in [7, 11) is 0. The van der Waals surface area contributed by atoms with Crippen LogP contribution < -0.4 is 0 Å². The molecule has 2 rings (SSSR count). The third-order valence-corrected chi connectivity index (χ3v) is 0.636. The molecular formula is C5H8O2. The highest BCUT2D eigenvalue weighted by molar-refractivity contribution is 4.76. The fourth-order valence-corrected chi connectivity index (χ4v) is 0.0962. The van der Waals surface area contributed by atoms with E-state index in [9.17, 15) is 0 Å². The van der Waals surface area contributed by atoms with Gasteiger partial charge in [0, 0.05) is 0 Å². The normalized spacial score (nSPS) is 29.6. The average molecular weight is 100 g/mol. The van der Waals surface area contributed by atoms with E-state index < -0.39 is 0 Å². The predicted molar refractivity (Wildman–Crippen MR) is 25.6 cm³/mol. The SMILES string of the molecule is C1=CO1.CC1CO1. The van der Waals surface area contributed by atoms with E-state index in [1.807, 2.05) is 0 Å². The van der Waals surface area contributed by atoms with E-state index in [1.54, 1.807) is 12.5 Å². The van der Waals surface area contributed by atoms with Crippen LogP contribution in [0.25, 0.3) is 0 Å². The molecule has 1 unspecified atom stereocenters. The molecular weight excluding hydrogens is 92.1 g/mol. The van der Waals surface area contributed by atoms with Gasteiger partial charge in [0.1, 0.15) is 12.5 Å². The van der Waals surface area contributed by atoms with E-state index in [1.165, 1.54) is 0 Å². The van der Waals surface area contributed by atoms with Crippen LogP contribution in [-0.4, -0.2) is 12.7 Å². The minimum Gasteiger partial charge on any atom is -0.466 e. The molecule has 1 fully saturated rings. The smallest absolute Gasteiger partial charge is 0.125 e. The summed E-state index contributed by atoms with van der Waals surface area (Å²) in [6, 6.07) is 0. The van der Waals surface area contributed by atoms with Gasteiger partial charge in [-0.05, 0) is 6.92 Å². The molecule has 0 radical (unpaired) electrons. The van der Waals surface area contributed by atoms with Crippen LogP contribution in [0.1, 0.15) is 6.92 Å². The van der Waals surface area contributed by atoms with Gasteiger partial charge < -0.3 is 9.47 Å². The van der Waals surface area contributed by atoms with Crippen molar-refractivity contribution >= 4 is 0 Å². The molecule has 2 heteroatoms. The summed E-state index contributed by atoms with van der Waals surface area (Å²) in [6.45, 7) is 3.04. The quantitative estimate of drug-likeness (QED) is 0.422. The lowest BCUT2D eigenvalue weighted by Crippen LogP contribution is -1.60. The van der Waals surface area contributed by atoms with Crippen molar-refractivity contribution < 1.29 is 9.47 Å². The Hall–Kier alpha value is -0.500. The number of epoxide rings is 1. The van der Waals surface area contributed by atoms with Crippen LogP contribution in [0, 0.1) is 0 Å². The van der Waals surface area contributed by atoms with E-state index in [0.717, 1.165) is 6.61 Å². The second kappa shape index (κ2) is 1.98. The summed E-state index contributed by atoms with van der Waals surface area (Å²) in [6.07, 6.45) is 3.83. The summed E-state index contributed by atoms with van der Waals surface area (Å²) >= 11 is 0. The molecule has 1 atom stereocenters. The minimum atomic E-state index is 0.583. The van der Waals surface area contributed by atoms with Crippen LogP contribution in [0.4, 0.5) is 0 Å². The summed E-state index contributed by atoms with van der Waals surface area (Å²) in [4.78, 5) is 0. The first-order valence-electron chi connectivity index (χ1n) is 2.31. The number of hydrogen-bond acceptors (Lipinski definition) is 2. The largest absolute Gasteiger partial charge is 0.466 e. The Bertz CT molecular complexity index is 70.1. The van der Waals surface area contributed by atoms with Crippen molar-refractivity contribution in [3.8, 4) is 0 Å². The van der Waals surface area contributed by atoms with E-state index in [4.69, 9.17) is 4.74 Å². The lowest BCUT2D eigenvalue weighted by atomic mass is 10.6. The second-order valence-corrected chi connectivity index (χ2v) is 1.55.